The highest BCUT2D eigenvalue weighted by Gasteiger charge is 2.20. The van der Waals surface area contributed by atoms with E-state index in [0.717, 1.165) is 5.56 Å². The Labute approximate surface area is 106 Å². The molecule has 2 aromatic rings. The summed E-state index contributed by atoms with van der Waals surface area (Å²) in [6.45, 7) is 0. The maximum atomic E-state index is 6.21. The van der Waals surface area contributed by atoms with Crippen LogP contribution in [-0.2, 0) is 0 Å². The van der Waals surface area contributed by atoms with Crippen molar-refractivity contribution in [1.82, 2.24) is 9.97 Å². The smallest absolute Gasteiger partial charge is 0.127 e. The minimum Gasteiger partial charge on any atom is -0.496 e. The van der Waals surface area contributed by atoms with Gasteiger partial charge in [-0.05, 0) is 12.1 Å². The summed E-state index contributed by atoms with van der Waals surface area (Å²) in [5.74, 6) is 1.35. The van der Waals surface area contributed by atoms with Gasteiger partial charge in [0.2, 0.25) is 0 Å². The maximum absolute atomic E-state index is 6.21. The summed E-state index contributed by atoms with van der Waals surface area (Å²) in [5.41, 5.74) is 7.64. The second-order valence-electron chi connectivity index (χ2n) is 3.68. The van der Waals surface area contributed by atoms with Gasteiger partial charge < -0.3 is 15.2 Å². The van der Waals surface area contributed by atoms with Gasteiger partial charge in [-0.3, -0.25) is 9.97 Å². The van der Waals surface area contributed by atoms with Crippen LogP contribution in [0.2, 0.25) is 0 Å². The Balaban J connectivity index is 2.49. The van der Waals surface area contributed by atoms with Crippen LogP contribution in [0.25, 0.3) is 0 Å². The molecule has 0 bridgehead atoms. The van der Waals surface area contributed by atoms with Crippen LogP contribution in [-0.4, -0.2) is 24.2 Å². The lowest BCUT2D eigenvalue weighted by molar-refractivity contribution is 0.382. The first-order valence-electron chi connectivity index (χ1n) is 5.50. The number of methoxy groups -OCH3 is 2. The van der Waals surface area contributed by atoms with Gasteiger partial charge in [-0.15, -0.1) is 0 Å². The Hall–Kier alpha value is -2.14. The SMILES string of the molecule is COc1cccc(OC)c1C(N)c1cnccn1. The molecule has 0 radical (unpaired) electrons. The fraction of sp³-hybridized carbons (Fsp3) is 0.231. The van der Waals surface area contributed by atoms with Crippen molar-refractivity contribution in [3.63, 3.8) is 0 Å². The van der Waals surface area contributed by atoms with E-state index in [2.05, 4.69) is 9.97 Å². The molecule has 0 aliphatic heterocycles. The monoisotopic (exact) mass is 245 g/mol. The molecule has 0 aliphatic carbocycles. The van der Waals surface area contributed by atoms with Crippen LogP contribution in [0.5, 0.6) is 11.5 Å². The molecular weight excluding hydrogens is 230 g/mol. The number of nitrogens with zero attached hydrogens (tertiary/aromatic N) is 2. The maximum Gasteiger partial charge on any atom is 0.127 e. The summed E-state index contributed by atoms with van der Waals surface area (Å²) in [5, 5.41) is 0. The quantitative estimate of drug-likeness (QED) is 0.884. The molecule has 5 heteroatoms. The largest absolute Gasteiger partial charge is 0.496 e. The van der Waals surface area contributed by atoms with Gasteiger partial charge in [0.15, 0.2) is 0 Å². The van der Waals surface area contributed by atoms with E-state index in [0.29, 0.717) is 17.2 Å². The number of hydrogen-bond donors (Lipinski definition) is 1. The van der Waals surface area contributed by atoms with Gasteiger partial charge in [-0.1, -0.05) is 6.07 Å². The molecule has 1 atom stereocenters. The number of rotatable bonds is 4. The van der Waals surface area contributed by atoms with Gasteiger partial charge in [-0.25, -0.2) is 0 Å². The average molecular weight is 245 g/mol. The number of hydrogen-bond acceptors (Lipinski definition) is 5. The summed E-state index contributed by atoms with van der Waals surface area (Å²) in [4.78, 5) is 8.23. The second kappa shape index (κ2) is 5.46. The zero-order valence-electron chi connectivity index (χ0n) is 10.3. The van der Waals surface area contributed by atoms with Crippen molar-refractivity contribution in [2.75, 3.05) is 14.2 Å². The number of benzene rings is 1. The molecule has 1 aromatic carbocycles. The topological polar surface area (TPSA) is 70.3 Å². The molecule has 0 spiro atoms. The first-order valence-corrected chi connectivity index (χ1v) is 5.50. The fourth-order valence-electron chi connectivity index (χ4n) is 1.81. The summed E-state index contributed by atoms with van der Waals surface area (Å²) in [6.07, 6.45) is 4.85. The van der Waals surface area contributed by atoms with E-state index in [1.807, 2.05) is 18.2 Å². The van der Waals surface area contributed by atoms with Crippen molar-refractivity contribution in [2.45, 2.75) is 6.04 Å². The Morgan fingerprint density at radius 2 is 1.78 bits per heavy atom. The molecule has 0 fully saturated rings. The molecule has 0 saturated carbocycles. The van der Waals surface area contributed by atoms with Gasteiger partial charge in [0, 0.05) is 12.4 Å². The molecule has 2 rings (SSSR count). The van der Waals surface area contributed by atoms with Gasteiger partial charge in [0.25, 0.3) is 0 Å². The summed E-state index contributed by atoms with van der Waals surface area (Å²) in [6, 6.07) is 5.09. The molecule has 1 heterocycles. The Bertz CT molecular complexity index is 495. The third-order valence-electron chi connectivity index (χ3n) is 2.68. The molecule has 0 saturated heterocycles. The second-order valence-corrected chi connectivity index (χ2v) is 3.68. The molecular formula is C13H15N3O2. The normalized spacial score (nSPS) is 11.9. The molecule has 0 aliphatic rings. The molecule has 0 amide bonds. The standard InChI is InChI=1S/C13H15N3O2/c1-17-10-4-3-5-11(18-2)12(10)13(14)9-8-15-6-7-16-9/h3-8,13H,14H2,1-2H3. The molecule has 1 unspecified atom stereocenters. The molecule has 2 N–H and O–H groups in total. The third-order valence-corrected chi connectivity index (χ3v) is 2.68. The van der Waals surface area contributed by atoms with Gasteiger partial charge in [0.1, 0.15) is 11.5 Å². The highest BCUT2D eigenvalue weighted by molar-refractivity contribution is 5.49. The highest BCUT2D eigenvalue weighted by atomic mass is 16.5. The minimum atomic E-state index is -0.440. The highest BCUT2D eigenvalue weighted by Crippen LogP contribution is 2.34. The van der Waals surface area contributed by atoms with Gasteiger partial charge >= 0.3 is 0 Å². The Morgan fingerprint density at radius 3 is 2.28 bits per heavy atom. The molecule has 5 nitrogen and oxygen atoms in total. The van der Waals surface area contributed by atoms with Crippen LogP contribution in [0.4, 0.5) is 0 Å². The number of ether oxygens (including phenoxy) is 2. The molecule has 1 aromatic heterocycles. The van der Waals surface area contributed by atoms with E-state index in [1.54, 1.807) is 32.8 Å². The van der Waals surface area contributed by atoms with Crippen molar-refractivity contribution in [3.8, 4) is 11.5 Å². The van der Waals surface area contributed by atoms with E-state index < -0.39 is 6.04 Å². The van der Waals surface area contributed by atoms with Crippen LogP contribution in [0.15, 0.2) is 36.8 Å². The number of aromatic nitrogens is 2. The van der Waals surface area contributed by atoms with E-state index in [1.165, 1.54) is 0 Å². The lowest BCUT2D eigenvalue weighted by atomic mass is 10.0. The van der Waals surface area contributed by atoms with Crippen LogP contribution >= 0.6 is 0 Å². The molecule has 18 heavy (non-hydrogen) atoms. The average Bonchev–Trinajstić information content (AvgIpc) is 2.46. The summed E-state index contributed by atoms with van der Waals surface area (Å²) < 4.78 is 10.6. The van der Waals surface area contributed by atoms with Crippen LogP contribution in [0.1, 0.15) is 17.3 Å². The first-order chi connectivity index (χ1) is 8.77. The first kappa shape index (κ1) is 12.3. The van der Waals surface area contributed by atoms with E-state index >= 15 is 0 Å². The van der Waals surface area contributed by atoms with Crippen LogP contribution < -0.4 is 15.2 Å². The molecule has 94 valence electrons. The summed E-state index contributed by atoms with van der Waals surface area (Å²) >= 11 is 0. The Morgan fingerprint density at radius 1 is 1.11 bits per heavy atom. The zero-order valence-corrected chi connectivity index (χ0v) is 10.3. The minimum absolute atomic E-state index is 0.440. The predicted octanol–water partition coefficient (Wildman–Crippen LogP) is 1.54. The van der Waals surface area contributed by atoms with E-state index in [4.69, 9.17) is 15.2 Å². The Kier molecular flexibility index (Phi) is 3.74. The third kappa shape index (κ3) is 2.26. The zero-order chi connectivity index (χ0) is 13.0. The number of nitrogens with two attached hydrogens (primary N) is 1. The lowest BCUT2D eigenvalue weighted by Gasteiger charge is -2.18. The van der Waals surface area contributed by atoms with Crippen molar-refractivity contribution in [1.29, 1.82) is 0 Å². The van der Waals surface area contributed by atoms with Crippen LogP contribution in [0.3, 0.4) is 0 Å². The van der Waals surface area contributed by atoms with Crippen molar-refractivity contribution in [3.05, 3.63) is 48.0 Å². The van der Waals surface area contributed by atoms with E-state index in [9.17, 15) is 0 Å². The summed E-state index contributed by atoms with van der Waals surface area (Å²) in [7, 11) is 3.20. The van der Waals surface area contributed by atoms with Crippen molar-refractivity contribution >= 4 is 0 Å². The van der Waals surface area contributed by atoms with Crippen LogP contribution in [0, 0.1) is 0 Å². The predicted molar refractivity (Wildman–Crippen MR) is 67.6 cm³/mol. The van der Waals surface area contributed by atoms with Crippen molar-refractivity contribution < 1.29 is 9.47 Å². The van der Waals surface area contributed by atoms with Gasteiger partial charge in [0.05, 0.1) is 37.7 Å². The fourth-order valence-corrected chi connectivity index (χ4v) is 1.81. The van der Waals surface area contributed by atoms with Crippen molar-refractivity contribution in [2.24, 2.45) is 5.73 Å². The van der Waals surface area contributed by atoms with Gasteiger partial charge in [-0.2, -0.15) is 0 Å². The van der Waals surface area contributed by atoms with E-state index in [-0.39, 0.29) is 0 Å². The lowest BCUT2D eigenvalue weighted by Crippen LogP contribution is -2.16.